The molecule has 0 saturated carbocycles. The van der Waals surface area contributed by atoms with Gasteiger partial charge in [0.2, 0.25) is 0 Å². The van der Waals surface area contributed by atoms with E-state index in [1.165, 1.54) is 0 Å². The maximum atomic E-state index is 5.66. The molecule has 0 aromatic carbocycles. The number of rotatable bonds is 2. The van der Waals surface area contributed by atoms with Crippen LogP contribution in [0.4, 0.5) is 0 Å². The third-order valence-corrected chi connectivity index (χ3v) is 1.06. The van der Waals surface area contributed by atoms with Crippen LogP contribution >= 0.6 is 0 Å². The van der Waals surface area contributed by atoms with Crippen molar-refractivity contribution in [2.45, 2.75) is 45.8 Å². The van der Waals surface area contributed by atoms with Gasteiger partial charge in [0.15, 0.2) is 0 Å². The summed E-state index contributed by atoms with van der Waals surface area (Å²) in [5.41, 5.74) is -0.296. The molecule has 0 spiro atoms. The van der Waals surface area contributed by atoms with Crippen molar-refractivity contribution in [2.24, 2.45) is 0 Å². The Bertz CT molecular complexity index is 117. The second-order valence-electron chi connectivity index (χ2n) is 4.02. The predicted octanol–water partition coefficient (Wildman–Crippen LogP) is 2.77. The van der Waals surface area contributed by atoms with Crippen LogP contribution in [0, 0.1) is 0 Å². The fourth-order valence-electron chi connectivity index (χ4n) is 0.831. The molecule has 0 fully saturated rings. The monoisotopic (exact) mass is 142 g/mol. The van der Waals surface area contributed by atoms with Crippen LogP contribution < -0.4 is 0 Å². The maximum absolute atomic E-state index is 5.66. The van der Waals surface area contributed by atoms with Crippen molar-refractivity contribution >= 4 is 0 Å². The first-order chi connectivity index (χ1) is 4.27. The molecule has 0 radical (unpaired) electrons. The molecule has 10 heavy (non-hydrogen) atoms. The number of hydrogen-bond donors (Lipinski definition) is 0. The van der Waals surface area contributed by atoms with Crippen molar-refractivity contribution < 1.29 is 4.74 Å². The second-order valence-corrected chi connectivity index (χ2v) is 4.02. The van der Waals surface area contributed by atoms with Crippen LogP contribution in [0.2, 0.25) is 0 Å². The quantitative estimate of drug-likeness (QED) is 0.539. The molecule has 1 nitrogen and oxygen atoms in total. The molecule has 0 unspecified atom stereocenters. The normalized spacial score (nSPS) is 13.3. The molecule has 0 amide bonds. The summed E-state index contributed by atoms with van der Waals surface area (Å²) in [6.45, 7) is 13.8. The Labute approximate surface area is 64.1 Å². The van der Waals surface area contributed by atoms with Gasteiger partial charge in [0, 0.05) is 0 Å². The van der Waals surface area contributed by atoms with Crippen molar-refractivity contribution in [3.8, 4) is 0 Å². The van der Waals surface area contributed by atoms with Crippen LogP contribution in [-0.2, 0) is 4.74 Å². The van der Waals surface area contributed by atoms with Gasteiger partial charge in [0.05, 0.1) is 11.2 Å². The van der Waals surface area contributed by atoms with Gasteiger partial charge < -0.3 is 4.74 Å². The van der Waals surface area contributed by atoms with Crippen LogP contribution in [0.3, 0.4) is 0 Å². The van der Waals surface area contributed by atoms with Crippen molar-refractivity contribution in [2.75, 3.05) is 0 Å². The van der Waals surface area contributed by atoms with E-state index in [2.05, 4.69) is 6.58 Å². The molecule has 0 saturated heterocycles. The molecular weight excluding hydrogens is 124 g/mol. The van der Waals surface area contributed by atoms with Crippen LogP contribution in [0.15, 0.2) is 12.7 Å². The average Bonchev–Trinajstić information content (AvgIpc) is 1.60. The van der Waals surface area contributed by atoms with E-state index >= 15 is 0 Å². The van der Waals surface area contributed by atoms with Crippen LogP contribution in [0.25, 0.3) is 0 Å². The molecule has 60 valence electrons. The number of hydrogen-bond acceptors (Lipinski definition) is 1. The molecule has 0 aliphatic heterocycles. The van der Waals surface area contributed by atoms with E-state index in [1.807, 2.05) is 40.7 Å². The standard InChI is InChI=1S/C9H18O/c1-7-9(5,6)10-8(2,3)4/h7H,1H2,2-6H3. The third-order valence-electron chi connectivity index (χ3n) is 1.06. The lowest BCUT2D eigenvalue weighted by molar-refractivity contribution is -0.0853. The molecule has 0 aromatic heterocycles. The Morgan fingerprint density at radius 2 is 1.50 bits per heavy atom. The summed E-state index contributed by atoms with van der Waals surface area (Å²) in [4.78, 5) is 0. The zero-order chi connectivity index (χ0) is 8.41. The average molecular weight is 142 g/mol. The molecule has 0 aliphatic rings. The highest BCUT2D eigenvalue weighted by atomic mass is 16.5. The van der Waals surface area contributed by atoms with E-state index in [0.29, 0.717) is 0 Å². The smallest absolute Gasteiger partial charge is 0.0810 e. The first kappa shape index (κ1) is 9.70. The molecule has 0 atom stereocenters. The molecule has 0 aliphatic carbocycles. The minimum Gasteiger partial charge on any atom is -0.366 e. The first-order valence-electron chi connectivity index (χ1n) is 3.61. The summed E-state index contributed by atoms with van der Waals surface area (Å²) < 4.78 is 5.66. The predicted molar refractivity (Wildman–Crippen MR) is 45.1 cm³/mol. The minimum absolute atomic E-state index is 0.0856. The highest BCUT2D eigenvalue weighted by Gasteiger charge is 2.21. The second kappa shape index (κ2) is 2.75. The summed E-state index contributed by atoms with van der Waals surface area (Å²) in [6.07, 6.45) is 1.82. The van der Waals surface area contributed by atoms with Gasteiger partial charge in [-0.15, -0.1) is 6.58 Å². The molecule has 0 N–H and O–H groups in total. The Morgan fingerprint density at radius 3 is 1.60 bits per heavy atom. The topological polar surface area (TPSA) is 9.23 Å². The van der Waals surface area contributed by atoms with Gasteiger partial charge in [-0.1, -0.05) is 6.08 Å². The highest BCUT2D eigenvalue weighted by Crippen LogP contribution is 2.19. The van der Waals surface area contributed by atoms with E-state index in [-0.39, 0.29) is 11.2 Å². The van der Waals surface area contributed by atoms with Crippen molar-refractivity contribution in [3.63, 3.8) is 0 Å². The zero-order valence-electron chi connectivity index (χ0n) is 7.69. The molecule has 0 heterocycles. The van der Waals surface area contributed by atoms with Gasteiger partial charge >= 0.3 is 0 Å². The minimum atomic E-state index is -0.210. The molecular formula is C9H18O. The highest BCUT2D eigenvalue weighted by molar-refractivity contribution is 4.91. The molecule has 1 heteroatoms. The van der Waals surface area contributed by atoms with E-state index < -0.39 is 0 Å². The van der Waals surface area contributed by atoms with Crippen molar-refractivity contribution in [3.05, 3.63) is 12.7 Å². The summed E-state index contributed by atoms with van der Waals surface area (Å²) >= 11 is 0. The Morgan fingerprint density at radius 1 is 1.10 bits per heavy atom. The Hall–Kier alpha value is -0.300. The lowest BCUT2D eigenvalue weighted by Crippen LogP contribution is -2.32. The Kier molecular flexibility index (Phi) is 2.67. The summed E-state index contributed by atoms with van der Waals surface area (Å²) in [5.74, 6) is 0. The van der Waals surface area contributed by atoms with E-state index in [0.717, 1.165) is 0 Å². The van der Waals surface area contributed by atoms with E-state index in [4.69, 9.17) is 4.74 Å². The molecule has 0 aromatic rings. The SMILES string of the molecule is C=CC(C)(C)OC(C)(C)C. The fraction of sp³-hybridized carbons (Fsp3) is 0.778. The summed E-state index contributed by atoms with van der Waals surface area (Å²) in [7, 11) is 0. The Balaban J connectivity index is 4.01. The summed E-state index contributed by atoms with van der Waals surface area (Å²) in [6, 6.07) is 0. The van der Waals surface area contributed by atoms with Crippen LogP contribution in [-0.4, -0.2) is 11.2 Å². The van der Waals surface area contributed by atoms with Crippen LogP contribution in [0.1, 0.15) is 34.6 Å². The summed E-state index contributed by atoms with van der Waals surface area (Å²) in [5, 5.41) is 0. The van der Waals surface area contributed by atoms with Gasteiger partial charge in [0.1, 0.15) is 0 Å². The van der Waals surface area contributed by atoms with E-state index in [9.17, 15) is 0 Å². The first-order valence-corrected chi connectivity index (χ1v) is 3.61. The lowest BCUT2D eigenvalue weighted by atomic mass is 10.1. The fourth-order valence-corrected chi connectivity index (χ4v) is 0.831. The maximum Gasteiger partial charge on any atom is 0.0810 e. The van der Waals surface area contributed by atoms with Gasteiger partial charge in [-0.25, -0.2) is 0 Å². The lowest BCUT2D eigenvalue weighted by Gasteiger charge is -2.31. The molecule has 0 rings (SSSR count). The number of ether oxygens (including phenoxy) is 1. The zero-order valence-corrected chi connectivity index (χ0v) is 7.69. The van der Waals surface area contributed by atoms with Gasteiger partial charge in [-0.3, -0.25) is 0 Å². The van der Waals surface area contributed by atoms with Gasteiger partial charge in [0.25, 0.3) is 0 Å². The van der Waals surface area contributed by atoms with Crippen LogP contribution in [0.5, 0.6) is 0 Å². The van der Waals surface area contributed by atoms with Gasteiger partial charge in [-0.05, 0) is 34.6 Å². The van der Waals surface area contributed by atoms with E-state index in [1.54, 1.807) is 0 Å². The van der Waals surface area contributed by atoms with Crippen molar-refractivity contribution in [1.29, 1.82) is 0 Å². The van der Waals surface area contributed by atoms with Gasteiger partial charge in [-0.2, -0.15) is 0 Å². The molecule has 0 bridgehead atoms. The van der Waals surface area contributed by atoms with Crippen molar-refractivity contribution in [1.82, 2.24) is 0 Å². The largest absolute Gasteiger partial charge is 0.366 e. The third kappa shape index (κ3) is 4.57.